The quantitative estimate of drug-likeness (QED) is 0.547. The lowest BCUT2D eigenvalue weighted by Crippen LogP contribution is -2.25. The van der Waals surface area contributed by atoms with Crippen molar-refractivity contribution in [2.75, 3.05) is 0 Å². The van der Waals surface area contributed by atoms with E-state index in [2.05, 4.69) is 61.0 Å². The first-order valence-electron chi connectivity index (χ1n) is 7.81. The highest BCUT2D eigenvalue weighted by molar-refractivity contribution is 9.09. The van der Waals surface area contributed by atoms with Crippen LogP contribution >= 0.6 is 15.9 Å². The minimum atomic E-state index is 0.441. The first kappa shape index (κ1) is 15.1. The summed E-state index contributed by atoms with van der Waals surface area (Å²) in [5.41, 5.74) is 3.37. The number of hydrogen-bond acceptors (Lipinski definition) is 0. The van der Waals surface area contributed by atoms with Crippen LogP contribution in [0.15, 0.2) is 24.3 Å². The van der Waals surface area contributed by atoms with E-state index in [4.69, 9.17) is 0 Å². The summed E-state index contributed by atoms with van der Waals surface area (Å²) < 4.78 is 0. The van der Waals surface area contributed by atoms with Crippen LogP contribution in [0.5, 0.6) is 0 Å². The zero-order chi connectivity index (χ0) is 13.9. The van der Waals surface area contributed by atoms with Gasteiger partial charge in [-0.3, -0.25) is 0 Å². The van der Waals surface area contributed by atoms with E-state index in [1.165, 1.54) is 49.7 Å². The van der Waals surface area contributed by atoms with Crippen molar-refractivity contribution in [1.29, 1.82) is 0 Å². The molecule has 0 bridgehead atoms. The van der Waals surface area contributed by atoms with Crippen LogP contribution < -0.4 is 0 Å². The first-order chi connectivity index (χ1) is 9.07. The number of halogens is 1. The third-order valence-corrected chi connectivity index (χ3v) is 6.65. The third-order valence-electron chi connectivity index (χ3n) is 5.02. The van der Waals surface area contributed by atoms with Crippen molar-refractivity contribution in [2.24, 2.45) is 5.41 Å². The SMILES string of the molecule is CCC(C)c1ccc(C(Br)C2(C)CCCCC2)cc1. The normalized spacial score (nSPS) is 21.9. The van der Waals surface area contributed by atoms with Crippen LogP contribution in [0, 0.1) is 5.41 Å². The fraction of sp³-hybridized carbons (Fsp3) is 0.667. The highest BCUT2D eigenvalue weighted by Crippen LogP contribution is 2.50. The molecule has 19 heavy (non-hydrogen) atoms. The van der Waals surface area contributed by atoms with Crippen molar-refractivity contribution in [3.8, 4) is 0 Å². The Morgan fingerprint density at radius 1 is 1.05 bits per heavy atom. The van der Waals surface area contributed by atoms with Crippen LogP contribution in [0.1, 0.15) is 81.2 Å². The lowest BCUT2D eigenvalue weighted by molar-refractivity contribution is 0.213. The van der Waals surface area contributed by atoms with Gasteiger partial charge >= 0.3 is 0 Å². The van der Waals surface area contributed by atoms with Gasteiger partial charge in [0.15, 0.2) is 0 Å². The Morgan fingerprint density at radius 2 is 1.58 bits per heavy atom. The molecule has 0 amide bonds. The topological polar surface area (TPSA) is 0 Å². The third kappa shape index (κ3) is 3.42. The summed E-state index contributed by atoms with van der Waals surface area (Å²) in [6, 6.07) is 9.31. The Balaban J connectivity index is 2.12. The molecule has 1 fully saturated rings. The summed E-state index contributed by atoms with van der Waals surface area (Å²) in [7, 11) is 0. The van der Waals surface area contributed by atoms with Crippen molar-refractivity contribution in [1.82, 2.24) is 0 Å². The Kier molecular flexibility index (Phi) is 5.11. The van der Waals surface area contributed by atoms with E-state index in [-0.39, 0.29) is 0 Å². The summed E-state index contributed by atoms with van der Waals surface area (Å²) in [6.45, 7) is 7.02. The van der Waals surface area contributed by atoms with E-state index in [1.807, 2.05) is 0 Å². The lowest BCUT2D eigenvalue weighted by atomic mass is 9.72. The van der Waals surface area contributed by atoms with Crippen molar-refractivity contribution in [2.45, 2.75) is 70.0 Å². The molecule has 0 heterocycles. The molecule has 2 unspecified atom stereocenters. The molecule has 2 rings (SSSR count). The molecule has 1 aromatic rings. The Labute approximate surface area is 127 Å². The second-order valence-electron chi connectivity index (χ2n) is 6.55. The number of hydrogen-bond donors (Lipinski definition) is 0. The molecule has 1 aromatic carbocycles. The number of alkyl halides is 1. The highest BCUT2D eigenvalue weighted by Gasteiger charge is 2.34. The van der Waals surface area contributed by atoms with Gasteiger partial charge in [-0.25, -0.2) is 0 Å². The molecule has 1 heteroatoms. The zero-order valence-electron chi connectivity index (χ0n) is 12.6. The van der Waals surface area contributed by atoms with Crippen LogP contribution in [-0.4, -0.2) is 0 Å². The second kappa shape index (κ2) is 6.43. The van der Waals surface area contributed by atoms with E-state index in [0.717, 1.165) is 0 Å². The largest absolute Gasteiger partial charge is 0.0833 e. The van der Waals surface area contributed by atoms with Crippen LogP contribution in [0.3, 0.4) is 0 Å². The van der Waals surface area contributed by atoms with Crippen molar-refractivity contribution < 1.29 is 0 Å². The van der Waals surface area contributed by atoms with E-state index in [9.17, 15) is 0 Å². The number of benzene rings is 1. The summed E-state index contributed by atoms with van der Waals surface area (Å²) >= 11 is 3.98. The Morgan fingerprint density at radius 3 is 2.11 bits per heavy atom. The van der Waals surface area contributed by atoms with Gasteiger partial charge in [-0.1, -0.05) is 80.2 Å². The fourth-order valence-corrected chi connectivity index (χ4v) is 4.01. The molecule has 106 valence electrons. The maximum Gasteiger partial charge on any atom is 0.0448 e. The van der Waals surface area contributed by atoms with Gasteiger partial charge in [-0.05, 0) is 41.7 Å². The summed E-state index contributed by atoms with van der Waals surface area (Å²) in [6.07, 6.45) is 8.14. The van der Waals surface area contributed by atoms with Crippen LogP contribution in [0.4, 0.5) is 0 Å². The standard InChI is InChI=1S/C18H27Br/c1-4-14(2)15-8-10-16(11-9-15)17(19)18(3)12-6-5-7-13-18/h8-11,14,17H,4-7,12-13H2,1-3H3. The predicted molar refractivity (Wildman–Crippen MR) is 88.0 cm³/mol. The van der Waals surface area contributed by atoms with Gasteiger partial charge in [0.05, 0.1) is 0 Å². The monoisotopic (exact) mass is 322 g/mol. The smallest absolute Gasteiger partial charge is 0.0448 e. The van der Waals surface area contributed by atoms with Crippen LogP contribution in [-0.2, 0) is 0 Å². The van der Waals surface area contributed by atoms with E-state index in [0.29, 0.717) is 16.2 Å². The Hall–Kier alpha value is -0.300. The van der Waals surface area contributed by atoms with Gasteiger partial charge in [0.1, 0.15) is 0 Å². The number of rotatable bonds is 4. The molecule has 1 aliphatic carbocycles. The fourth-order valence-electron chi connectivity index (χ4n) is 3.24. The molecule has 0 aromatic heterocycles. The molecule has 0 aliphatic heterocycles. The minimum Gasteiger partial charge on any atom is -0.0833 e. The molecule has 2 atom stereocenters. The van der Waals surface area contributed by atoms with Crippen LogP contribution in [0.25, 0.3) is 0 Å². The highest BCUT2D eigenvalue weighted by atomic mass is 79.9. The van der Waals surface area contributed by atoms with Gasteiger partial charge < -0.3 is 0 Å². The zero-order valence-corrected chi connectivity index (χ0v) is 14.2. The summed E-state index contributed by atoms with van der Waals surface area (Å²) in [4.78, 5) is 0.506. The lowest BCUT2D eigenvalue weighted by Gasteiger charge is -2.38. The van der Waals surface area contributed by atoms with Crippen LogP contribution in [0.2, 0.25) is 0 Å². The molecular weight excluding hydrogens is 296 g/mol. The molecule has 0 saturated heterocycles. The molecule has 0 radical (unpaired) electrons. The van der Waals surface area contributed by atoms with Gasteiger partial charge in [0, 0.05) is 4.83 Å². The van der Waals surface area contributed by atoms with Gasteiger partial charge in [-0.2, -0.15) is 0 Å². The molecule has 0 nitrogen and oxygen atoms in total. The molecule has 0 spiro atoms. The van der Waals surface area contributed by atoms with E-state index >= 15 is 0 Å². The van der Waals surface area contributed by atoms with Crippen molar-refractivity contribution in [3.05, 3.63) is 35.4 Å². The summed E-state index contributed by atoms with van der Waals surface area (Å²) in [5, 5.41) is 0. The minimum absolute atomic E-state index is 0.441. The maximum atomic E-state index is 3.98. The molecule has 1 aliphatic rings. The van der Waals surface area contributed by atoms with E-state index < -0.39 is 0 Å². The van der Waals surface area contributed by atoms with Gasteiger partial charge in [0.2, 0.25) is 0 Å². The first-order valence-corrected chi connectivity index (χ1v) is 8.72. The maximum absolute atomic E-state index is 3.98. The summed E-state index contributed by atoms with van der Waals surface area (Å²) in [5.74, 6) is 0.674. The van der Waals surface area contributed by atoms with Crippen molar-refractivity contribution >= 4 is 15.9 Å². The van der Waals surface area contributed by atoms with E-state index in [1.54, 1.807) is 0 Å². The Bertz CT molecular complexity index is 387. The molecule has 1 saturated carbocycles. The average Bonchev–Trinajstić information content (AvgIpc) is 2.46. The second-order valence-corrected chi connectivity index (χ2v) is 7.47. The average molecular weight is 323 g/mol. The molecular formula is C18H27Br. The van der Waals surface area contributed by atoms with Gasteiger partial charge in [0.25, 0.3) is 0 Å². The molecule has 0 N–H and O–H groups in total. The van der Waals surface area contributed by atoms with Crippen molar-refractivity contribution in [3.63, 3.8) is 0 Å². The van der Waals surface area contributed by atoms with Gasteiger partial charge in [-0.15, -0.1) is 0 Å². The predicted octanol–water partition coefficient (Wildman–Crippen LogP) is 6.61.